The summed E-state index contributed by atoms with van der Waals surface area (Å²) in [5.74, 6) is 1.24. The second kappa shape index (κ2) is 7.62. The Bertz CT molecular complexity index is 214. The molecule has 0 aromatic rings. The summed E-state index contributed by atoms with van der Waals surface area (Å²) >= 11 is 2.09. The van der Waals surface area contributed by atoms with Crippen LogP contribution in [0.4, 0.5) is 0 Å². The van der Waals surface area contributed by atoms with Gasteiger partial charge in [0.25, 0.3) is 0 Å². The molecular weight excluding hydrogens is 232 g/mol. The number of rotatable bonds is 6. The molecule has 0 saturated carbocycles. The van der Waals surface area contributed by atoms with E-state index in [4.69, 9.17) is 4.74 Å². The van der Waals surface area contributed by atoms with Gasteiger partial charge in [0.15, 0.2) is 0 Å². The van der Waals surface area contributed by atoms with Gasteiger partial charge in [-0.05, 0) is 6.92 Å². The van der Waals surface area contributed by atoms with Crippen molar-refractivity contribution < 1.29 is 4.74 Å². The lowest BCUT2D eigenvalue weighted by Crippen LogP contribution is -2.55. The van der Waals surface area contributed by atoms with Gasteiger partial charge in [-0.3, -0.25) is 4.90 Å². The average Bonchev–Trinajstić information content (AvgIpc) is 2.28. The monoisotopic (exact) mass is 260 g/mol. The summed E-state index contributed by atoms with van der Waals surface area (Å²) in [7, 11) is 1.80. The Morgan fingerprint density at radius 1 is 1.41 bits per heavy atom. The zero-order chi connectivity index (χ0) is 12.8. The second-order valence-electron chi connectivity index (χ2n) is 5.23. The van der Waals surface area contributed by atoms with Crippen LogP contribution in [0, 0.1) is 0 Å². The number of hydrogen-bond acceptors (Lipinski definition) is 4. The molecule has 1 fully saturated rings. The summed E-state index contributed by atoms with van der Waals surface area (Å²) in [5.41, 5.74) is 0. The van der Waals surface area contributed by atoms with Crippen LogP contribution < -0.4 is 5.32 Å². The molecule has 0 aliphatic carbocycles. The van der Waals surface area contributed by atoms with Gasteiger partial charge < -0.3 is 10.1 Å². The zero-order valence-electron chi connectivity index (χ0n) is 11.9. The normalized spacial score (nSPS) is 28.6. The maximum Gasteiger partial charge on any atom is 0.0630 e. The molecule has 1 aliphatic rings. The van der Waals surface area contributed by atoms with Crippen molar-refractivity contribution in [2.45, 2.75) is 51.1 Å². The Morgan fingerprint density at radius 2 is 2.12 bits per heavy atom. The molecule has 3 atom stereocenters. The lowest BCUT2D eigenvalue weighted by molar-refractivity contribution is 0.0658. The van der Waals surface area contributed by atoms with Crippen LogP contribution in [0.5, 0.6) is 0 Å². The van der Waals surface area contributed by atoms with Crippen LogP contribution in [0.1, 0.15) is 27.7 Å². The fourth-order valence-electron chi connectivity index (χ4n) is 2.31. The van der Waals surface area contributed by atoms with Gasteiger partial charge in [-0.1, -0.05) is 20.8 Å². The number of methoxy groups -OCH3 is 1. The summed E-state index contributed by atoms with van der Waals surface area (Å²) in [5, 5.41) is 4.26. The molecule has 0 radical (unpaired) electrons. The maximum absolute atomic E-state index is 5.38. The Balaban J connectivity index is 2.54. The van der Waals surface area contributed by atoms with E-state index in [1.807, 2.05) is 0 Å². The van der Waals surface area contributed by atoms with Gasteiger partial charge in [-0.15, -0.1) is 0 Å². The molecule has 1 N–H and O–H groups in total. The summed E-state index contributed by atoms with van der Waals surface area (Å²) in [4.78, 5) is 2.61. The Kier molecular flexibility index (Phi) is 6.85. The highest BCUT2D eigenvalue weighted by atomic mass is 32.2. The van der Waals surface area contributed by atoms with Crippen molar-refractivity contribution in [3.05, 3.63) is 0 Å². The smallest absolute Gasteiger partial charge is 0.0630 e. The first-order valence-electron chi connectivity index (χ1n) is 6.66. The summed E-state index contributed by atoms with van der Waals surface area (Å²) < 4.78 is 5.38. The topological polar surface area (TPSA) is 24.5 Å². The van der Waals surface area contributed by atoms with Crippen molar-refractivity contribution in [3.8, 4) is 0 Å². The SMILES string of the molecule is COCC(CNC(C)C)N1CCSC(C)C1C. The van der Waals surface area contributed by atoms with E-state index < -0.39 is 0 Å². The number of ether oxygens (including phenoxy) is 1. The van der Waals surface area contributed by atoms with Gasteiger partial charge in [-0.2, -0.15) is 11.8 Å². The van der Waals surface area contributed by atoms with E-state index >= 15 is 0 Å². The maximum atomic E-state index is 5.38. The van der Waals surface area contributed by atoms with E-state index in [1.165, 1.54) is 12.3 Å². The van der Waals surface area contributed by atoms with Crippen molar-refractivity contribution in [2.24, 2.45) is 0 Å². The summed E-state index contributed by atoms with van der Waals surface area (Å²) in [6, 6.07) is 1.69. The molecule has 0 spiro atoms. The van der Waals surface area contributed by atoms with Crippen molar-refractivity contribution >= 4 is 11.8 Å². The predicted octanol–water partition coefficient (Wildman–Crippen LogP) is 1.83. The van der Waals surface area contributed by atoms with E-state index in [1.54, 1.807) is 7.11 Å². The molecule has 1 rings (SSSR count). The van der Waals surface area contributed by atoms with Crippen LogP contribution in [0.15, 0.2) is 0 Å². The molecule has 0 aromatic carbocycles. The van der Waals surface area contributed by atoms with Crippen LogP contribution in [-0.4, -0.2) is 60.8 Å². The largest absolute Gasteiger partial charge is 0.383 e. The number of hydrogen-bond donors (Lipinski definition) is 1. The van der Waals surface area contributed by atoms with Crippen molar-refractivity contribution in [3.63, 3.8) is 0 Å². The Labute approximate surface area is 111 Å². The van der Waals surface area contributed by atoms with Gasteiger partial charge in [0.2, 0.25) is 0 Å². The number of nitrogens with zero attached hydrogens (tertiary/aromatic N) is 1. The second-order valence-corrected chi connectivity index (χ2v) is 6.71. The van der Waals surface area contributed by atoms with Crippen LogP contribution in [0.2, 0.25) is 0 Å². The van der Waals surface area contributed by atoms with Gasteiger partial charge in [0.1, 0.15) is 0 Å². The van der Waals surface area contributed by atoms with Crippen molar-refractivity contribution in [1.82, 2.24) is 10.2 Å². The summed E-state index contributed by atoms with van der Waals surface area (Å²) in [6.45, 7) is 12.1. The molecule has 102 valence electrons. The van der Waals surface area contributed by atoms with Crippen LogP contribution in [0.25, 0.3) is 0 Å². The highest BCUT2D eigenvalue weighted by Gasteiger charge is 2.30. The standard InChI is InChI=1S/C13H28N2OS/c1-10(2)14-8-13(9-16-5)15-6-7-17-12(4)11(15)3/h10-14H,6-9H2,1-5H3. The molecule has 1 aliphatic heterocycles. The van der Waals surface area contributed by atoms with Crippen LogP contribution >= 0.6 is 11.8 Å². The van der Waals surface area contributed by atoms with Crippen molar-refractivity contribution in [1.29, 1.82) is 0 Å². The van der Waals surface area contributed by atoms with Crippen molar-refractivity contribution in [2.75, 3.05) is 32.6 Å². The van der Waals surface area contributed by atoms with E-state index in [-0.39, 0.29) is 0 Å². The molecule has 3 unspecified atom stereocenters. The molecule has 1 saturated heterocycles. The Hall–Kier alpha value is 0.230. The molecule has 17 heavy (non-hydrogen) atoms. The van der Waals surface area contributed by atoms with Gasteiger partial charge in [0, 0.05) is 49.3 Å². The lowest BCUT2D eigenvalue weighted by atomic mass is 10.1. The van der Waals surface area contributed by atoms with Gasteiger partial charge in [0.05, 0.1) is 6.61 Å². The molecule has 0 amide bonds. The van der Waals surface area contributed by atoms with E-state index in [0.717, 1.165) is 18.4 Å². The minimum atomic E-state index is 0.501. The molecule has 0 bridgehead atoms. The van der Waals surface area contributed by atoms with E-state index in [2.05, 4.69) is 49.7 Å². The Morgan fingerprint density at radius 3 is 2.71 bits per heavy atom. The molecule has 4 heteroatoms. The number of thioether (sulfide) groups is 1. The first-order valence-corrected chi connectivity index (χ1v) is 7.70. The average molecular weight is 260 g/mol. The van der Waals surface area contributed by atoms with Gasteiger partial charge >= 0.3 is 0 Å². The van der Waals surface area contributed by atoms with E-state index in [9.17, 15) is 0 Å². The van der Waals surface area contributed by atoms with Crippen LogP contribution in [-0.2, 0) is 4.74 Å². The minimum Gasteiger partial charge on any atom is -0.383 e. The third-order valence-corrected chi connectivity index (χ3v) is 4.86. The first kappa shape index (κ1) is 15.3. The lowest BCUT2D eigenvalue weighted by Gasteiger charge is -2.42. The third kappa shape index (κ3) is 4.78. The first-order chi connectivity index (χ1) is 8.06. The fourth-order valence-corrected chi connectivity index (χ4v) is 3.43. The van der Waals surface area contributed by atoms with Gasteiger partial charge in [-0.25, -0.2) is 0 Å². The zero-order valence-corrected chi connectivity index (χ0v) is 12.7. The molecule has 0 aromatic heterocycles. The predicted molar refractivity (Wildman–Crippen MR) is 76.9 cm³/mol. The molecule has 1 heterocycles. The molecular formula is C13H28N2OS. The minimum absolute atomic E-state index is 0.501. The quantitative estimate of drug-likeness (QED) is 0.787. The van der Waals surface area contributed by atoms with E-state index in [0.29, 0.717) is 18.1 Å². The fraction of sp³-hybridized carbons (Fsp3) is 1.00. The number of nitrogens with one attached hydrogen (secondary N) is 1. The highest BCUT2D eigenvalue weighted by Crippen LogP contribution is 2.25. The summed E-state index contributed by atoms with van der Waals surface area (Å²) in [6.07, 6.45) is 0. The highest BCUT2D eigenvalue weighted by molar-refractivity contribution is 8.00. The third-order valence-electron chi connectivity index (χ3n) is 3.52. The molecule has 3 nitrogen and oxygen atoms in total. The van der Waals surface area contributed by atoms with Crippen LogP contribution in [0.3, 0.4) is 0 Å².